The highest BCUT2D eigenvalue weighted by Gasteiger charge is 2.19. The van der Waals surface area contributed by atoms with E-state index in [0.29, 0.717) is 19.3 Å². The van der Waals surface area contributed by atoms with Crippen molar-refractivity contribution in [2.24, 2.45) is 0 Å². The highest BCUT2D eigenvalue weighted by atomic mass is 16.6. The SMILES string of the molecule is CC/C=C\C/C=C\C/C=C\C/C=C\CCCCCCC(=O)OCC(COC(=O)CCCCCCCCCC)OC(=O)CCCCCCC/C=C\CCCCCCC. The van der Waals surface area contributed by atoms with E-state index in [2.05, 4.69) is 81.5 Å². The van der Waals surface area contributed by atoms with Gasteiger partial charge in [-0.05, 0) is 83.5 Å². The molecular weight excluding hydrogens is 709 g/mol. The van der Waals surface area contributed by atoms with Gasteiger partial charge < -0.3 is 14.2 Å². The largest absolute Gasteiger partial charge is 0.462 e. The van der Waals surface area contributed by atoms with Crippen LogP contribution in [0.2, 0.25) is 0 Å². The fraction of sp³-hybridized carbons (Fsp3) is 0.745. The zero-order valence-corrected chi connectivity index (χ0v) is 37.3. The molecule has 6 heteroatoms. The van der Waals surface area contributed by atoms with Crippen LogP contribution in [0.4, 0.5) is 0 Å². The molecule has 0 heterocycles. The summed E-state index contributed by atoms with van der Waals surface area (Å²) >= 11 is 0. The van der Waals surface area contributed by atoms with Gasteiger partial charge in [0.2, 0.25) is 0 Å². The van der Waals surface area contributed by atoms with Gasteiger partial charge in [0, 0.05) is 19.3 Å². The summed E-state index contributed by atoms with van der Waals surface area (Å²) in [5.74, 6) is -0.923. The van der Waals surface area contributed by atoms with Gasteiger partial charge in [-0.15, -0.1) is 0 Å². The lowest BCUT2D eigenvalue weighted by atomic mass is 10.1. The number of carbonyl (C=O) groups is 3. The molecule has 0 amide bonds. The normalized spacial score (nSPS) is 12.5. The molecule has 0 aromatic heterocycles. The summed E-state index contributed by atoms with van der Waals surface area (Å²) in [5, 5.41) is 0. The second-order valence-electron chi connectivity index (χ2n) is 15.6. The van der Waals surface area contributed by atoms with E-state index in [1.807, 2.05) is 0 Å². The highest BCUT2D eigenvalue weighted by molar-refractivity contribution is 5.71. The van der Waals surface area contributed by atoms with Gasteiger partial charge in [-0.25, -0.2) is 0 Å². The molecule has 57 heavy (non-hydrogen) atoms. The fourth-order valence-electron chi connectivity index (χ4n) is 6.43. The molecule has 0 N–H and O–H groups in total. The first-order valence-electron chi connectivity index (χ1n) is 23.8. The second kappa shape index (κ2) is 45.8. The summed E-state index contributed by atoms with van der Waals surface area (Å²) in [5.41, 5.74) is 0. The first-order valence-corrected chi connectivity index (χ1v) is 23.8. The van der Waals surface area contributed by atoms with Crippen LogP contribution in [-0.2, 0) is 28.6 Å². The van der Waals surface area contributed by atoms with Crippen LogP contribution in [0.3, 0.4) is 0 Å². The van der Waals surface area contributed by atoms with Crippen molar-refractivity contribution in [3.8, 4) is 0 Å². The van der Waals surface area contributed by atoms with E-state index in [-0.39, 0.29) is 31.1 Å². The van der Waals surface area contributed by atoms with E-state index < -0.39 is 6.10 Å². The Hall–Kier alpha value is -2.89. The summed E-state index contributed by atoms with van der Waals surface area (Å²) in [6, 6.07) is 0. The van der Waals surface area contributed by atoms with E-state index >= 15 is 0 Å². The molecule has 1 unspecified atom stereocenters. The minimum absolute atomic E-state index is 0.0849. The average molecular weight is 797 g/mol. The third-order valence-electron chi connectivity index (χ3n) is 10.0. The summed E-state index contributed by atoms with van der Waals surface area (Å²) in [7, 11) is 0. The first kappa shape index (κ1) is 54.1. The molecule has 0 spiro atoms. The molecule has 0 rings (SSSR count). The van der Waals surface area contributed by atoms with Gasteiger partial charge in [0.15, 0.2) is 6.10 Å². The van der Waals surface area contributed by atoms with E-state index in [0.717, 1.165) is 109 Å². The number of rotatable bonds is 42. The summed E-state index contributed by atoms with van der Waals surface area (Å²) in [6.45, 7) is 6.45. The molecule has 0 aliphatic rings. The van der Waals surface area contributed by atoms with Crippen LogP contribution in [-0.4, -0.2) is 37.2 Å². The van der Waals surface area contributed by atoms with Gasteiger partial charge >= 0.3 is 17.9 Å². The topological polar surface area (TPSA) is 78.9 Å². The molecule has 0 saturated heterocycles. The highest BCUT2D eigenvalue weighted by Crippen LogP contribution is 2.13. The lowest BCUT2D eigenvalue weighted by Crippen LogP contribution is -2.30. The molecule has 0 fully saturated rings. The van der Waals surface area contributed by atoms with Crippen molar-refractivity contribution < 1.29 is 28.6 Å². The zero-order valence-electron chi connectivity index (χ0n) is 37.3. The van der Waals surface area contributed by atoms with Gasteiger partial charge in [0.05, 0.1) is 0 Å². The average Bonchev–Trinajstić information content (AvgIpc) is 3.21. The lowest BCUT2D eigenvalue weighted by Gasteiger charge is -2.18. The standard InChI is InChI=1S/C51H88O6/c1-4-7-10-13-16-19-21-23-25-26-27-29-30-32-35-38-41-44-50(53)56-47-48(46-55-49(52)43-40-37-34-18-15-12-9-6-3)57-51(54)45-42-39-36-33-31-28-24-22-20-17-14-11-8-5-2/h7,10,16,19,22-25,27,29,48H,4-6,8-9,11-15,17-18,20-21,26,28,30-47H2,1-3H3/b10-7-,19-16-,24-22-,25-23-,29-27-. The molecule has 328 valence electrons. The molecule has 0 saturated carbocycles. The van der Waals surface area contributed by atoms with E-state index in [4.69, 9.17) is 14.2 Å². The minimum Gasteiger partial charge on any atom is -0.462 e. The zero-order chi connectivity index (χ0) is 41.5. The van der Waals surface area contributed by atoms with Crippen molar-refractivity contribution in [2.75, 3.05) is 13.2 Å². The van der Waals surface area contributed by atoms with Crippen molar-refractivity contribution in [2.45, 2.75) is 232 Å². The fourth-order valence-corrected chi connectivity index (χ4v) is 6.43. The third-order valence-corrected chi connectivity index (χ3v) is 10.0. The minimum atomic E-state index is -0.784. The van der Waals surface area contributed by atoms with Crippen LogP contribution < -0.4 is 0 Å². The number of unbranched alkanes of at least 4 members (excludes halogenated alkanes) is 21. The predicted molar refractivity (Wildman–Crippen MR) is 242 cm³/mol. The van der Waals surface area contributed by atoms with Gasteiger partial charge in [0.1, 0.15) is 13.2 Å². The van der Waals surface area contributed by atoms with Crippen LogP contribution in [0, 0.1) is 0 Å². The molecule has 0 bridgehead atoms. The smallest absolute Gasteiger partial charge is 0.306 e. The quantitative estimate of drug-likeness (QED) is 0.0265. The van der Waals surface area contributed by atoms with Gasteiger partial charge in [-0.1, -0.05) is 184 Å². The van der Waals surface area contributed by atoms with Crippen LogP contribution >= 0.6 is 0 Å². The van der Waals surface area contributed by atoms with Crippen LogP contribution in [0.25, 0.3) is 0 Å². The molecule has 0 aromatic rings. The molecule has 0 aromatic carbocycles. The Morgan fingerprint density at radius 3 is 1.09 bits per heavy atom. The van der Waals surface area contributed by atoms with Gasteiger partial charge in [-0.2, -0.15) is 0 Å². The van der Waals surface area contributed by atoms with Crippen molar-refractivity contribution in [3.63, 3.8) is 0 Å². The number of allylic oxidation sites excluding steroid dienone is 10. The number of hydrogen-bond acceptors (Lipinski definition) is 6. The Labute approximate surface area is 351 Å². The van der Waals surface area contributed by atoms with Crippen molar-refractivity contribution in [1.82, 2.24) is 0 Å². The second-order valence-corrected chi connectivity index (χ2v) is 15.6. The number of esters is 3. The predicted octanol–water partition coefficient (Wildman–Crippen LogP) is 15.3. The molecule has 0 radical (unpaired) electrons. The van der Waals surface area contributed by atoms with Crippen molar-refractivity contribution >= 4 is 17.9 Å². The molecule has 1 atom stereocenters. The maximum absolute atomic E-state index is 12.7. The van der Waals surface area contributed by atoms with Gasteiger partial charge in [-0.3, -0.25) is 14.4 Å². The van der Waals surface area contributed by atoms with Crippen LogP contribution in [0.1, 0.15) is 226 Å². The Morgan fingerprint density at radius 1 is 0.368 bits per heavy atom. The summed E-state index contributed by atoms with van der Waals surface area (Å²) < 4.78 is 16.7. The van der Waals surface area contributed by atoms with Crippen molar-refractivity contribution in [1.29, 1.82) is 0 Å². The van der Waals surface area contributed by atoms with E-state index in [1.165, 1.54) is 77.0 Å². The molecule has 6 nitrogen and oxygen atoms in total. The third kappa shape index (κ3) is 44.1. The Morgan fingerprint density at radius 2 is 0.684 bits per heavy atom. The van der Waals surface area contributed by atoms with Crippen LogP contribution in [0.15, 0.2) is 60.8 Å². The first-order chi connectivity index (χ1) is 28.0. The number of hydrogen-bond donors (Lipinski definition) is 0. The summed E-state index contributed by atoms with van der Waals surface area (Å²) in [6.07, 6.45) is 54.9. The molecular formula is C51H88O6. The van der Waals surface area contributed by atoms with Crippen molar-refractivity contribution in [3.05, 3.63) is 60.8 Å². The monoisotopic (exact) mass is 797 g/mol. The Balaban J connectivity index is 4.38. The van der Waals surface area contributed by atoms with Crippen LogP contribution in [0.5, 0.6) is 0 Å². The molecule has 0 aliphatic carbocycles. The Kier molecular flexibility index (Phi) is 43.5. The number of carbonyl (C=O) groups excluding carboxylic acids is 3. The Bertz CT molecular complexity index is 1050. The van der Waals surface area contributed by atoms with Gasteiger partial charge in [0.25, 0.3) is 0 Å². The van der Waals surface area contributed by atoms with E-state index in [9.17, 15) is 14.4 Å². The van der Waals surface area contributed by atoms with E-state index in [1.54, 1.807) is 0 Å². The summed E-state index contributed by atoms with van der Waals surface area (Å²) in [4.78, 5) is 37.7. The molecule has 0 aliphatic heterocycles. The number of ether oxygens (including phenoxy) is 3. The maximum atomic E-state index is 12.7. The lowest BCUT2D eigenvalue weighted by molar-refractivity contribution is -0.167. The maximum Gasteiger partial charge on any atom is 0.306 e.